The fraction of sp³-hybridized carbons (Fsp3) is 0.294. The number of aryl methyl sites for hydroxylation is 1. The van der Waals surface area contributed by atoms with Crippen molar-refractivity contribution in [1.29, 1.82) is 0 Å². The Morgan fingerprint density at radius 3 is 2.55 bits per heavy atom. The normalized spacial score (nSPS) is 15.0. The van der Waals surface area contributed by atoms with E-state index in [1.165, 1.54) is 0 Å². The second-order valence-corrected chi connectivity index (χ2v) is 5.50. The lowest BCUT2D eigenvalue weighted by atomic mass is 10.1. The van der Waals surface area contributed by atoms with Crippen molar-refractivity contribution in [1.82, 2.24) is 9.88 Å². The molecule has 5 heteroatoms. The van der Waals surface area contributed by atoms with Gasteiger partial charge >= 0.3 is 0 Å². The molecule has 0 unspecified atom stereocenters. The van der Waals surface area contributed by atoms with E-state index in [0.717, 1.165) is 24.5 Å². The van der Waals surface area contributed by atoms with Crippen LogP contribution in [-0.4, -0.2) is 42.0 Å². The minimum Gasteiger partial charge on any atom is -0.398 e. The lowest BCUT2D eigenvalue weighted by Gasteiger charge is -2.35. The van der Waals surface area contributed by atoms with Crippen LogP contribution >= 0.6 is 0 Å². The Hall–Kier alpha value is -2.56. The summed E-state index contributed by atoms with van der Waals surface area (Å²) in [4.78, 5) is 21.0. The van der Waals surface area contributed by atoms with Crippen LogP contribution in [0.15, 0.2) is 42.6 Å². The lowest BCUT2D eigenvalue weighted by Crippen LogP contribution is -2.49. The van der Waals surface area contributed by atoms with Gasteiger partial charge in [-0.3, -0.25) is 4.79 Å². The van der Waals surface area contributed by atoms with Crippen LogP contribution in [0.2, 0.25) is 0 Å². The van der Waals surface area contributed by atoms with E-state index in [0.29, 0.717) is 24.3 Å². The fourth-order valence-electron chi connectivity index (χ4n) is 2.72. The first-order chi connectivity index (χ1) is 10.7. The van der Waals surface area contributed by atoms with Crippen LogP contribution in [0.4, 0.5) is 11.5 Å². The van der Waals surface area contributed by atoms with Crippen molar-refractivity contribution in [3.05, 3.63) is 53.7 Å². The predicted octanol–water partition coefficient (Wildman–Crippen LogP) is 1.93. The monoisotopic (exact) mass is 296 g/mol. The minimum atomic E-state index is 0.0156. The summed E-state index contributed by atoms with van der Waals surface area (Å²) in [7, 11) is 0. The number of para-hydroxylation sites is 1. The molecule has 2 aromatic rings. The molecule has 0 atom stereocenters. The molecule has 1 aromatic heterocycles. The lowest BCUT2D eigenvalue weighted by molar-refractivity contribution is 0.0747. The maximum absolute atomic E-state index is 12.6. The first kappa shape index (κ1) is 14.4. The molecule has 0 bridgehead atoms. The van der Waals surface area contributed by atoms with Gasteiger partial charge in [-0.1, -0.05) is 18.2 Å². The number of piperazine rings is 1. The fourth-order valence-corrected chi connectivity index (χ4v) is 2.72. The van der Waals surface area contributed by atoms with Gasteiger partial charge in [0.15, 0.2) is 0 Å². The molecule has 114 valence electrons. The van der Waals surface area contributed by atoms with Crippen molar-refractivity contribution in [2.75, 3.05) is 36.8 Å². The van der Waals surface area contributed by atoms with Crippen LogP contribution in [0.25, 0.3) is 0 Å². The molecule has 0 aliphatic carbocycles. The summed E-state index contributed by atoms with van der Waals surface area (Å²) in [6.45, 7) is 4.86. The van der Waals surface area contributed by atoms with E-state index in [9.17, 15) is 4.79 Å². The van der Waals surface area contributed by atoms with Crippen molar-refractivity contribution in [2.45, 2.75) is 6.92 Å². The molecule has 1 aliphatic rings. The Bertz CT molecular complexity index is 664. The van der Waals surface area contributed by atoms with Crippen LogP contribution in [-0.2, 0) is 0 Å². The number of aromatic nitrogens is 1. The van der Waals surface area contributed by atoms with Gasteiger partial charge in [-0.2, -0.15) is 0 Å². The highest BCUT2D eigenvalue weighted by molar-refractivity contribution is 5.99. The van der Waals surface area contributed by atoms with Crippen LogP contribution < -0.4 is 10.6 Å². The number of anilines is 2. The van der Waals surface area contributed by atoms with Gasteiger partial charge in [0.2, 0.25) is 0 Å². The molecule has 2 N–H and O–H groups in total. The van der Waals surface area contributed by atoms with Crippen molar-refractivity contribution in [3.8, 4) is 0 Å². The Labute approximate surface area is 130 Å². The third kappa shape index (κ3) is 2.74. The molecule has 0 saturated carbocycles. The molecule has 2 heterocycles. The van der Waals surface area contributed by atoms with Gasteiger partial charge in [0.1, 0.15) is 5.82 Å². The zero-order valence-electron chi connectivity index (χ0n) is 12.7. The van der Waals surface area contributed by atoms with E-state index in [1.54, 1.807) is 12.3 Å². The highest BCUT2D eigenvalue weighted by atomic mass is 16.2. The summed E-state index contributed by atoms with van der Waals surface area (Å²) < 4.78 is 0. The Morgan fingerprint density at radius 1 is 1.09 bits per heavy atom. The summed E-state index contributed by atoms with van der Waals surface area (Å²) in [6, 6.07) is 11.5. The maximum atomic E-state index is 12.6. The third-order valence-electron chi connectivity index (χ3n) is 4.09. The van der Waals surface area contributed by atoms with Gasteiger partial charge in [-0.25, -0.2) is 4.98 Å². The standard InChI is InChI=1S/C17H20N4O/c1-13-5-4-6-14(16(13)18)17(22)21-11-9-20(10-12-21)15-7-2-3-8-19-15/h2-8H,9-12,18H2,1H3. The van der Waals surface area contributed by atoms with Gasteiger partial charge in [0.25, 0.3) is 5.91 Å². The number of carbonyl (C=O) groups excluding carboxylic acids is 1. The van der Waals surface area contributed by atoms with Crippen molar-refractivity contribution in [3.63, 3.8) is 0 Å². The average molecular weight is 296 g/mol. The van der Waals surface area contributed by atoms with E-state index in [2.05, 4.69) is 9.88 Å². The van der Waals surface area contributed by atoms with Crippen LogP contribution in [0.3, 0.4) is 0 Å². The van der Waals surface area contributed by atoms with Crippen molar-refractivity contribution in [2.24, 2.45) is 0 Å². The van der Waals surface area contributed by atoms with E-state index in [-0.39, 0.29) is 5.91 Å². The number of pyridine rings is 1. The maximum Gasteiger partial charge on any atom is 0.256 e. The number of benzene rings is 1. The third-order valence-corrected chi connectivity index (χ3v) is 4.09. The molecular formula is C17H20N4O. The van der Waals surface area contributed by atoms with Gasteiger partial charge in [-0.15, -0.1) is 0 Å². The first-order valence-electron chi connectivity index (χ1n) is 7.47. The predicted molar refractivity (Wildman–Crippen MR) is 87.9 cm³/mol. The molecule has 1 aliphatic heterocycles. The van der Waals surface area contributed by atoms with E-state index in [4.69, 9.17) is 5.73 Å². The summed E-state index contributed by atoms with van der Waals surface area (Å²) in [5, 5.41) is 0. The van der Waals surface area contributed by atoms with Gasteiger partial charge in [0, 0.05) is 38.1 Å². The molecule has 22 heavy (non-hydrogen) atoms. The second kappa shape index (κ2) is 6.05. The number of nitrogen functional groups attached to an aromatic ring is 1. The van der Waals surface area contributed by atoms with Crippen LogP contribution in [0, 0.1) is 6.92 Å². The summed E-state index contributed by atoms with van der Waals surface area (Å²) in [5.41, 5.74) is 8.17. The molecule has 1 aromatic carbocycles. The molecule has 1 amide bonds. The Balaban J connectivity index is 1.69. The summed E-state index contributed by atoms with van der Waals surface area (Å²) in [5.74, 6) is 0.978. The molecule has 1 saturated heterocycles. The number of nitrogens with two attached hydrogens (primary N) is 1. The zero-order chi connectivity index (χ0) is 15.5. The molecular weight excluding hydrogens is 276 g/mol. The number of amides is 1. The largest absolute Gasteiger partial charge is 0.398 e. The minimum absolute atomic E-state index is 0.0156. The number of rotatable bonds is 2. The number of hydrogen-bond donors (Lipinski definition) is 1. The number of carbonyl (C=O) groups is 1. The van der Waals surface area contributed by atoms with E-state index in [1.807, 2.05) is 42.2 Å². The van der Waals surface area contributed by atoms with Crippen molar-refractivity contribution >= 4 is 17.4 Å². The van der Waals surface area contributed by atoms with Gasteiger partial charge < -0.3 is 15.5 Å². The first-order valence-corrected chi connectivity index (χ1v) is 7.47. The van der Waals surface area contributed by atoms with E-state index < -0.39 is 0 Å². The van der Waals surface area contributed by atoms with Gasteiger partial charge in [-0.05, 0) is 30.7 Å². The molecule has 3 rings (SSSR count). The quantitative estimate of drug-likeness (QED) is 0.860. The van der Waals surface area contributed by atoms with E-state index >= 15 is 0 Å². The highest BCUT2D eigenvalue weighted by Crippen LogP contribution is 2.20. The molecule has 0 spiro atoms. The Kier molecular flexibility index (Phi) is 3.96. The van der Waals surface area contributed by atoms with Crippen LogP contribution in [0.5, 0.6) is 0 Å². The van der Waals surface area contributed by atoms with Crippen LogP contribution in [0.1, 0.15) is 15.9 Å². The smallest absolute Gasteiger partial charge is 0.256 e. The topological polar surface area (TPSA) is 62.5 Å². The molecule has 5 nitrogen and oxygen atoms in total. The molecule has 0 radical (unpaired) electrons. The second-order valence-electron chi connectivity index (χ2n) is 5.50. The zero-order valence-corrected chi connectivity index (χ0v) is 12.7. The SMILES string of the molecule is Cc1cccc(C(=O)N2CCN(c3ccccn3)CC2)c1N. The average Bonchev–Trinajstić information content (AvgIpc) is 2.58. The molecule has 1 fully saturated rings. The van der Waals surface area contributed by atoms with Crippen molar-refractivity contribution < 1.29 is 4.79 Å². The summed E-state index contributed by atoms with van der Waals surface area (Å²) >= 11 is 0. The number of hydrogen-bond acceptors (Lipinski definition) is 4. The Morgan fingerprint density at radius 2 is 1.86 bits per heavy atom. The van der Waals surface area contributed by atoms with Gasteiger partial charge in [0.05, 0.1) is 5.56 Å². The summed E-state index contributed by atoms with van der Waals surface area (Å²) in [6.07, 6.45) is 1.79. The highest BCUT2D eigenvalue weighted by Gasteiger charge is 2.24. The number of nitrogens with zero attached hydrogens (tertiary/aromatic N) is 3.